The van der Waals surface area contributed by atoms with Crippen LogP contribution in [0.4, 0.5) is 15.3 Å². The van der Waals surface area contributed by atoms with E-state index in [1.54, 1.807) is 91.6 Å². The van der Waals surface area contributed by atoms with Crippen LogP contribution in [-0.4, -0.2) is 216 Å². The summed E-state index contributed by atoms with van der Waals surface area (Å²) in [6.45, 7) is 16.7. The highest BCUT2D eigenvalue weighted by Gasteiger charge is 2.45. The third-order valence-corrected chi connectivity index (χ3v) is 17.6. The van der Waals surface area contributed by atoms with Gasteiger partial charge in [-0.1, -0.05) is 111 Å². The highest BCUT2D eigenvalue weighted by atomic mass is 16.6. The molecule has 0 bridgehead atoms. The molecule has 1 saturated heterocycles. The standard InChI is InChI=1S/C67H102N12O17/c1-15-40(8)57(49(94-13)33-52(82)78-32-20-24-47(78)59(95-14)41(9)60(86)71-42(10)58(85)44-21-17-16-18-22-44)76(11)65(91)55(38(4)5)75-64(90)56(39(6)7)77(12)67(93)96-36-43-25-27-45(28-26-43)72-61(87)46(23-19-31-70-66(68)92)73-63(89)54(37(2)3)74-62(88)48(34-69-35-53(83)84)79-50(80)29-30-51(79)81/h16-18,21-22,25-30,37-42,46-49,54-59,69,85H,15,19-20,23-24,31-36H2,1-14H3,(H,71,86)(H,72,87)(H,73,89)(H,74,88)(H,75,90)(H,83,84)(H3,68,70,92)/t40-,41+,42-,46+,47-,48-,49+,54-,55-,56-,57-,58-,59-/m0/s1. The Balaban J connectivity index is 1.42. The summed E-state index contributed by atoms with van der Waals surface area (Å²) < 4.78 is 17.7. The van der Waals surface area contributed by atoms with Crippen molar-refractivity contribution in [2.75, 3.05) is 59.8 Å². The van der Waals surface area contributed by atoms with E-state index in [2.05, 4.69) is 37.2 Å². The molecule has 1 fully saturated rings. The molecule has 2 heterocycles. The van der Waals surface area contributed by atoms with Crippen molar-refractivity contribution >= 4 is 76.9 Å². The zero-order chi connectivity index (χ0) is 71.8. The predicted octanol–water partition coefficient (Wildman–Crippen LogP) is 2.56. The summed E-state index contributed by atoms with van der Waals surface area (Å²) >= 11 is 0. The van der Waals surface area contributed by atoms with Crippen LogP contribution in [0.15, 0.2) is 66.7 Å². The molecule has 4 rings (SSSR count). The average molecular weight is 1350 g/mol. The van der Waals surface area contributed by atoms with Gasteiger partial charge >= 0.3 is 18.1 Å². The lowest BCUT2D eigenvalue weighted by Gasteiger charge is -2.41. The van der Waals surface area contributed by atoms with E-state index in [4.69, 9.17) is 25.1 Å². The van der Waals surface area contributed by atoms with Gasteiger partial charge in [-0.15, -0.1) is 0 Å². The van der Waals surface area contributed by atoms with E-state index in [-0.39, 0.29) is 55.8 Å². The smallest absolute Gasteiger partial charge is 0.410 e. The fourth-order valence-corrected chi connectivity index (χ4v) is 12.0. The first-order valence-corrected chi connectivity index (χ1v) is 32.7. The number of amides is 12. The summed E-state index contributed by atoms with van der Waals surface area (Å²) in [4.78, 5) is 166. The molecule has 2 aliphatic heterocycles. The van der Waals surface area contributed by atoms with Gasteiger partial charge in [0.1, 0.15) is 36.8 Å². The Hall–Kier alpha value is -8.54. The predicted molar refractivity (Wildman–Crippen MR) is 354 cm³/mol. The van der Waals surface area contributed by atoms with Crippen molar-refractivity contribution < 1.29 is 82.0 Å². The Bertz CT molecular complexity index is 3010. The number of rotatable bonds is 38. The zero-order valence-electron chi connectivity index (χ0n) is 57.8. The summed E-state index contributed by atoms with van der Waals surface area (Å²) in [5.41, 5.74) is 6.62. The number of benzene rings is 2. The van der Waals surface area contributed by atoms with Crippen molar-refractivity contribution in [2.24, 2.45) is 35.3 Å². The maximum absolute atomic E-state index is 14.8. The first kappa shape index (κ1) is 79.9. The quantitative estimate of drug-likeness (QED) is 0.0341. The summed E-state index contributed by atoms with van der Waals surface area (Å²) in [7, 11) is 6.02. The van der Waals surface area contributed by atoms with Crippen LogP contribution in [0.5, 0.6) is 0 Å². The largest absolute Gasteiger partial charge is 0.480 e. The van der Waals surface area contributed by atoms with E-state index >= 15 is 0 Å². The number of nitrogens with one attached hydrogen (secondary N) is 7. The van der Waals surface area contributed by atoms with Crippen LogP contribution < -0.4 is 43.0 Å². The molecule has 0 saturated carbocycles. The minimum Gasteiger partial charge on any atom is -0.480 e. The van der Waals surface area contributed by atoms with Gasteiger partial charge < -0.3 is 77.2 Å². The van der Waals surface area contributed by atoms with Gasteiger partial charge in [0.25, 0.3) is 11.8 Å². The topological polar surface area (TPSA) is 396 Å². The Morgan fingerprint density at radius 1 is 0.729 bits per heavy atom. The summed E-state index contributed by atoms with van der Waals surface area (Å²) in [5, 5.41) is 38.8. The van der Waals surface area contributed by atoms with E-state index in [0.29, 0.717) is 41.8 Å². The molecule has 96 heavy (non-hydrogen) atoms. The van der Waals surface area contributed by atoms with Crippen molar-refractivity contribution in [3.8, 4) is 0 Å². The number of nitrogens with zero attached hydrogens (tertiary/aromatic N) is 4. The number of likely N-dealkylation sites (tertiary alicyclic amines) is 1. The number of likely N-dealkylation sites (N-methyl/N-ethyl adjacent to an activating group) is 2. The Morgan fingerprint density at radius 2 is 1.34 bits per heavy atom. The van der Waals surface area contributed by atoms with Crippen LogP contribution in [0.2, 0.25) is 0 Å². The lowest BCUT2D eigenvalue weighted by Crippen LogP contribution is -2.60. The fraction of sp³-hybridized carbons (Fsp3) is 0.612. The SMILES string of the molecule is CC[C@H](C)[C@@H]([C@@H](CC(=O)N1CCC[C@H]1[C@@H](OC)[C@@H](C)C(=O)N[C@@H](C)[C@H](O)c1ccccc1)OC)N(C)C(=O)[C@@H](NC(=O)[C@H](C(C)C)N(C)C(=O)OCc1ccc(NC(=O)[C@@H](CCCNC(N)=O)NC(=O)[C@@H](NC(=O)[C@H](CNCC(=O)O)N2C(=O)C=CC2=O)C(C)C)cc1)C(C)C. The van der Waals surface area contributed by atoms with Crippen LogP contribution in [0, 0.1) is 29.6 Å². The van der Waals surface area contributed by atoms with Crippen molar-refractivity contribution in [3.05, 3.63) is 77.9 Å². The van der Waals surface area contributed by atoms with Crippen molar-refractivity contribution in [3.63, 3.8) is 0 Å². The second-order valence-corrected chi connectivity index (χ2v) is 25.7. The minimum atomic E-state index is -1.55. The number of anilines is 1. The van der Waals surface area contributed by atoms with E-state index in [9.17, 15) is 62.6 Å². The molecule has 2 aromatic carbocycles. The lowest BCUT2D eigenvalue weighted by atomic mass is 9.89. The number of ether oxygens (including phenoxy) is 3. The van der Waals surface area contributed by atoms with Crippen LogP contribution in [0.1, 0.15) is 125 Å². The maximum Gasteiger partial charge on any atom is 0.410 e. The summed E-state index contributed by atoms with van der Waals surface area (Å²) in [6.07, 6.45) is 0.481. The average Bonchev–Trinajstić information content (AvgIpc) is 1.48. The van der Waals surface area contributed by atoms with Gasteiger partial charge in [0, 0.05) is 65.8 Å². The normalized spacial score (nSPS) is 17.6. The number of carboxylic acids is 1. The molecule has 0 radical (unpaired) electrons. The van der Waals surface area contributed by atoms with Gasteiger partial charge in [-0.05, 0) is 79.5 Å². The molecule has 0 unspecified atom stereocenters. The summed E-state index contributed by atoms with van der Waals surface area (Å²) in [5.74, 6) is -9.48. The Labute approximate surface area is 562 Å². The number of carboxylic acid groups (broad SMARTS) is 1. The number of hydrogen-bond acceptors (Lipinski definition) is 17. The number of imide groups is 1. The lowest BCUT2D eigenvalue weighted by molar-refractivity contribution is -0.148. The number of aliphatic carboxylic acids is 1. The number of hydrogen-bond donors (Lipinski definition) is 10. The fourth-order valence-electron chi connectivity index (χ4n) is 12.0. The van der Waals surface area contributed by atoms with Gasteiger partial charge in [0.15, 0.2) is 0 Å². The van der Waals surface area contributed by atoms with Crippen molar-refractivity contribution in [1.29, 1.82) is 0 Å². The highest BCUT2D eigenvalue weighted by molar-refractivity contribution is 6.15. The molecular weight excluding hydrogens is 1240 g/mol. The number of methoxy groups -OCH3 is 2. The molecule has 0 aliphatic carbocycles. The number of carbonyl (C=O) groups excluding carboxylic acids is 11. The number of nitrogens with two attached hydrogens (primary N) is 1. The molecule has 0 spiro atoms. The zero-order valence-corrected chi connectivity index (χ0v) is 57.8. The molecule has 11 N–H and O–H groups in total. The first-order chi connectivity index (χ1) is 45.3. The number of urea groups is 1. The number of carbonyl (C=O) groups is 12. The molecule has 13 atom stereocenters. The Morgan fingerprint density at radius 3 is 1.90 bits per heavy atom. The van der Waals surface area contributed by atoms with E-state index in [1.165, 1.54) is 38.3 Å². The molecule has 532 valence electrons. The second-order valence-electron chi connectivity index (χ2n) is 25.7. The van der Waals surface area contributed by atoms with E-state index < -0.39 is 163 Å². The molecule has 2 aliphatic rings. The minimum absolute atomic E-state index is 0.0343. The van der Waals surface area contributed by atoms with Gasteiger partial charge in [-0.2, -0.15) is 0 Å². The number of aliphatic hydroxyl groups excluding tert-OH is 1. The summed E-state index contributed by atoms with van der Waals surface area (Å²) in [6, 6.07) is 6.29. The number of primary amides is 1. The molecule has 29 heteroatoms. The van der Waals surface area contributed by atoms with Crippen molar-refractivity contribution in [1.82, 2.24) is 51.5 Å². The molecule has 29 nitrogen and oxygen atoms in total. The Kier molecular flexibility index (Phi) is 31.8. The monoisotopic (exact) mass is 1350 g/mol. The van der Waals surface area contributed by atoms with Crippen LogP contribution in [0.3, 0.4) is 0 Å². The van der Waals surface area contributed by atoms with Gasteiger partial charge in [0.05, 0.1) is 55.3 Å². The molecule has 0 aromatic heterocycles. The third kappa shape index (κ3) is 22.5. The van der Waals surface area contributed by atoms with E-state index in [1.807, 2.05) is 32.0 Å². The number of aliphatic hydroxyl groups is 1. The first-order valence-electron chi connectivity index (χ1n) is 32.7. The third-order valence-electron chi connectivity index (χ3n) is 17.6. The van der Waals surface area contributed by atoms with Crippen LogP contribution in [-0.2, 0) is 68.8 Å². The van der Waals surface area contributed by atoms with Gasteiger partial charge in [-0.25, -0.2) is 9.59 Å². The second kappa shape index (κ2) is 38.3. The highest BCUT2D eigenvalue weighted by Crippen LogP contribution is 2.31. The molecule has 2 aromatic rings. The van der Waals surface area contributed by atoms with Crippen molar-refractivity contribution in [2.45, 2.75) is 181 Å². The van der Waals surface area contributed by atoms with E-state index in [0.717, 1.165) is 17.1 Å². The maximum atomic E-state index is 14.8. The van der Waals surface area contributed by atoms with Crippen LogP contribution >= 0.6 is 0 Å². The van der Waals surface area contributed by atoms with Gasteiger partial charge in [-0.3, -0.25) is 57.7 Å². The molecular formula is C67H102N12O17. The molecule has 12 amide bonds. The van der Waals surface area contributed by atoms with Crippen LogP contribution in [0.25, 0.3) is 0 Å². The van der Waals surface area contributed by atoms with Gasteiger partial charge in [0.2, 0.25) is 41.4 Å².